The monoisotopic (exact) mass is 394 g/mol. The van der Waals surface area contributed by atoms with Gasteiger partial charge in [0.05, 0.1) is 12.9 Å². The molecule has 0 spiro atoms. The van der Waals surface area contributed by atoms with Crippen molar-refractivity contribution in [3.8, 4) is 16.9 Å². The largest absolute Gasteiger partial charge is 0.491 e. The first-order valence-corrected chi connectivity index (χ1v) is 10.3. The molecule has 0 aliphatic heterocycles. The van der Waals surface area contributed by atoms with Crippen molar-refractivity contribution in [2.45, 2.75) is 66.2 Å². The van der Waals surface area contributed by atoms with Gasteiger partial charge in [-0.25, -0.2) is 0 Å². The maximum Gasteiger partial charge on any atom is 0.138 e. The average Bonchev–Trinajstić information content (AvgIpc) is 3.02. The van der Waals surface area contributed by atoms with Gasteiger partial charge in [0.1, 0.15) is 17.9 Å². The summed E-state index contributed by atoms with van der Waals surface area (Å²) >= 11 is 0. The Morgan fingerprint density at radius 3 is 2.03 bits per heavy atom. The smallest absolute Gasteiger partial charge is 0.138 e. The van der Waals surface area contributed by atoms with Crippen molar-refractivity contribution in [3.63, 3.8) is 0 Å². The molecule has 0 amide bonds. The number of fused-ring (bicyclic) bond motifs is 1. The number of furan rings is 1. The van der Waals surface area contributed by atoms with E-state index in [0.29, 0.717) is 6.61 Å². The number of benzene rings is 2. The summed E-state index contributed by atoms with van der Waals surface area (Å²) < 4.78 is 11.9. The molecule has 0 atom stereocenters. The fourth-order valence-electron chi connectivity index (χ4n) is 3.83. The highest BCUT2D eigenvalue weighted by molar-refractivity contribution is 5.97. The number of hydrogen-bond acceptors (Lipinski definition) is 3. The molecule has 156 valence electrons. The minimum atomic E-state index is -0.0114. The Kier molecular flexibility index (Phi) is 5.57. The summed E-state index contributed by atoms with van der Waals surface area (Å²) in [6, 6.07) is 8.87. The Bertz CT molecular complexity index is 1000. The molecule has 0 aliphatic carbocycles. The summed E-state index contributed by atoms with van der Waals surface area (Å²) in [5.74, 6) is 0.848. The van der Waals surface area contributed by atoms with E-state index in [1.54, 1.807) is 0 Å². The minimum absolute atomic E-state index is 0.0114. The zero-order valence-electron chi connectivity index (χ0n) is 19.1. The molecule has 0 aliphatic rings. The normalized spacial score (nSPS) is 12.6. The Labute approximate surface area is 174 Å². The van der Waals surface area contributed by atoms with Gasteiger partial charge in [-0.15, -0.1) is 0 Å². The predicted molar refractivity (Wildman–Crippen MR) is 121 cm³/mol. The van der Waals surface area contributed by atoms with Crippen LogP contribution in [0.3, 0.4) is 0 Å². The molecule has 0 saturated carbocycles. The van der Waals surface area contributed by atoms with Crippen LogP contribution < -0.4 is 4.74 Å². The van der Waals surface area contributed by atoms with Gasteiger partial charge >= 0.3 is 0 Å². The summed E-state index contributed by atoms with van der Waals surface area (Å²) in [5, 5.41) is 10.2. The maximum absolute atomic E-state index is 9.08. The lowest BCUT2D eigenvalue weighted by Crippen LogP contribution is -2.16. The Morgan fingerprint density at radius 1 is 0.897 bits per heavy atom. The zero-order valence-corrected chi connectivity index (χ0v) is 19.1. The molecule has 3 aromatic rings. The molecular weight excluding hydrogens is 360 g/mol. The number of aliphatic hydroxyl groups excluding tert-OH is 1. The van der Waals surface area contributed by atoms with E-state index in [2.05, 4.69) is 65.8 Å². The van der Waals surface area contributed by atoms with Gasteiger partial charge in [-0.3, -0.25) is 0 Å². The third-order valence-corrected chi connectivity index (χ3v) is 5.46. The fraction of sp³-hybridized carbons (Fsp3) is 0.462. The fourth-order valence-corrected chi connectivity index (χ4v) is 3.83. The van der Waals surface area contributed by atoms with Crippen LogP contribution in [0, 0.1) is 13.8 Å². The van der Waals surface area contributed by atoms with Gasteiger partial charge in [-0.05, 0) is 65.1 Å². The van der Waals surface area contributed by atoms with Gasteiger partial charge in [0, 0.05) is 16.5 Å². The van der Waals surface area contributed by atoms with Crippen molar-refractivity contribution in [1.29, 1.82) is 0 Å². The Balaban J connectivity index is 2.24. The van der Waals surface area contributed by atoms with Crippen LogP contribution in [0.2, 0.25) is 0 Å². The molecule has 3 nitrogen and oxygen atoms in total. The minimum Gasteiger partial charge on any atom is -0.491 e. The lowest BCUT2D eigenvalue weighted by Gasteiger charge is -2.25. The van der Waals surface area contributed by atoms with E-state index in [-0.39, 0.29) is 17.4 Å². The summed E-state index contributed by atoms with van der Waals surface area (Å²) in [4.78, 5) is 0. The molecular formula is C26H34O3. The van der Waals surface area contributed by atoms with Gasteiger partial charge in [0.25, 0.3) is 0 Å². The third kappa shape index (κ3) is 4.20. The maximum atomic E-state index is 9.08. The highest BCUT2D eigenvalue weighted by atomic mass is 16.5. The standard InChI is InChI=1S/C26H34O3/c1-16-11-18(12-17(2)23(16)28-10-9-27)21-15-29-24-20(21)13-19(25(3,4)5)14-22(24)26(6,7)8/h11-15,27H,9-10H2,1-8H3. The summed E-state index contributed by atoms with van der Waals surface area (Å²) in [6.45, 7) is 17.9. The zero-order chi connectivity index (χ0) is 21.6. The van der Waals surface area contributed by atoms with Crippen LogP contribution in [0.4, 0.5) is 0 Å². The van der Waals surface area contributed by atoms with Crippen LogP contribution in [0.5, 0.6) is 5.75 Å². The number of aryl methyl sites for hydroxylation is 2. The lowest BCUT2D eigenvalue weighted by molar-refractivity contribution is 0.200. The summed E-state index contributed by atoms with van der Waals surface area (Å²) in [7, 11) is 0. The highest BCUT2D eigenvalue weighted by Gasteiger charge is 2.25. The van der Waals surface area contributed by atoms with Crippen LogP contribution in [-0.2, 0) is 10.8 Å². The van der Waals surface area contributed by atoms with Gasteiger partial charge < -0.3 is 14.3 Å². The molecule has 1 aromatic heterocycles. The van der Waals surface area contributed by atoms with Crippen molar-refractivity contribution < 1.29 is 14.3 Å². The second kappa shape index (κ2) is 7.53. The summed E-state index contributed by atoms with van der Waals surface area (Å²) in [5.41, 5.74) is 7.92. The van der Waals surface area contributed by atoms with E-state index < -0.39 is 0 Å². The number of rotatable bonds is 4. The van der Waals surface area contributed by atoms with Gasteiger partial charge in [0.2, 0.25) is 0 Å². The predicted octanol–water partition coefficient (Wildman–Crippen LogP) is 6.68. The number of aliphatic hydroxyl groups is 1. The van der Waals surface area contributed by atoms with Crippen molar-refractivity contribution in [2.75, 3.05) is 13.2 Å². The molecule has 3 heteroatoms. The molecule has 29 heavy (non-hydrogen) atoms. The molecule has 0 fully saturated rings. The topological polar surface area (TPSA) is 42.6 Å². The van der Waals surface area contributed by atoms with E-state index in [1.165, 1.54) is 11.1 Å². The summed E-state index contributed by atoms with van der Waals surface area (Å²) in [6.07, 6.45) is 1.88. The second-order valence-corrected chi connectivity index (χ2v) is 10.1. The molecule has 2 aromatic carbocycles. The Hall–Kier alpha value is -2.26. The third-order valence-electron chi connectivity index (χ3n) is 5.46. The van der Waals surface area contributed by atoms with Gasteiger partial charge in [-0.2, -0.15) is 0 Å². The molecule has 0 radical (unpaired) electrons. The molecule has 0 unspecified atom stereocenters. The molecule has 0 bridgehead atoms. The second-order valence-electron chi connectivity index (χ2n) is 10.1. The van der Waals surface area contributed by atoms with Crippen LogP contribution >= 0.6 is 0 Å². The average molecular weight is 395 g/mol. The van der Waals surface area contributed by atoms with Crippen molar-refractivity contribution in [3.05, 3.63) is 52.8 Å². The first-order valence-electron chi connectivity index (χ1n) is 10.3. The van der Waals surface area contributed by atoms with Gasteiger partial charge in [0.15, 0.2) is 0 Å². The van der Waals surface area contributed by atoms with Gasteiger partial charge in [-0.1, -0.05) is 47.6 Å². The van der Waals surface area contributed by atoms with E-state index in [9.17, 15) is 0 Å². The Morgan fingerprint density at radius 2 is 1.52 bits per heavy atom. The van der Waals surface area contributed by atoms with E-state index in [1.807, 2.05) is 20.1 Å². The number of ether oxygens (including phenoxy) is 1. The first kappa shape index (κ1) is 21.4. The molecule has 0 saturated heterocycles. The van der Waals surface area contributed by atoms with Crippen LogP contribution in [0.15, 0.2) is 34.9 Å². The van der Waals surface area contributed by atoms with Crippen LogP contribution in [0.1, 0.15) is 63.8 Å². The lowest BCUT2D eigenvalue weighted by atomic mass is 9.79. The quantitative estimate of drug-likeness (QED) is 0.536. The molecule has 3 rings (SSSR count). The SMILES string of the molecule is Cc1cc(-c2coc3c(C(C)(C)C)cc(C(C)(C)C)cc23)cc(C)c1OCCO. The molecule has 1 N–H and O–H groups in total. The first-order chi connectivity index (χ1) is 13.4. The number of hydrogen-bond donors (Lipinski definition) is 1. The van der Waals surface area contributed by atoms with Crippen LogP contribution in [0.25, 0.3) is 22.1 Å². The van der Waals surface area contributed by atoms with Crippen molar-refractivity contribution >= 4 is 11.0 Å². The van der Waals surface area contributed by atoms with E-state index >= 15 is 0 Å². The van der Waals surface area contributed by atoms with Crippen molar-refractivity contribution in [2.24, 2.45) is 0 Å². The van der Waals surface area contributed by atoms with Crippen LogP contribution in [-0.4, -0.2) is 18.3 Å². The van der Waals surface area contributed by atoms with Crippen molar-refractivity contribution in [1.82, 2.24) is 0 Å². The molecule has 1 heterocycles. The highest BCUT2D eigenvalue weighted by Crippen LogP contribution is 2.41. The van der Waals surface area contributed by atoms with E-state index in [0.717, 1.165) is 39.0 Å². The van der Waals surface area contributed by atoms with E-state index in [4.69, 9.17) is 14.3 Å².